The zero-order valence-electron chi connectivity index (χ0n) is 9.59. The molecule has 0 atom stereocenters. The van der Waals surface area contributed by atoms with Crippen molar-refractivity contribution in [2.75, 3.05) is 0 Å². The van der Waals surface area contributed by atoms with E-state index in [-0.39, 0.29) is 11.3 Å². The summed E-state index contributed by atoms with van der Waals surface area (Å²) in [6.45, 7) is 0. The molecule has 0 aliphatic carbocycles. The van der Waals surface area contributed by atoms with Crippen LogP contribution in [0.15, 0.2) is 39.8 Å². The molecule has 2 rings (SSSR count). The van der Waals surface area contributed by atoms with Crippen LogP contribution in [0.25, 0.3) is 0 Å². The maximum Gasteiger partial charge on any atom is 0.371 e. The molecule has 0 amide bonds. The third-order valence-corrected chi connectivity index (χ3v) is 3.24. The molecule has 0 spiro atoms. The number of thioether (sulfide) groups is 1. The van der Waals surface area contributed by atoms with Gasteiger partial charge >= 0.3 is 5.97 Å². The van der Waals surface area contributed by atoms with E-state index in [0.717, 1.165) is 6.07 Å². The van der Waals surface area contributed by atoms with E-state index < -0.39 is 11.8 Å². The number of carboxylic acids is 1. The molecule has 1 N–H and O–H groups in total. The van der Waals surface area contributed by atoms with Gasteiger partial charge in [-0.05, 0) is 35.9 Å². The molecule has 4 nitrogen and oxygen atoms in total. The van der Waals surface area contributed by atoms with Gasteiger partial charge < -0.3 is 9.52 Å². The number of nitrogens with zero attached hydrogens (tertiary/aromatic N) is 1. The van der Waals surface area contributed by atoms with Gasteiger partial charge in [0.15, 0.2) is 5.09 Å². The minimum atomic E-state index is -1.13. The molecule has 0 fully saturated rings. The summed E-state index contributed by atoms with van der Waals surface area (Å²) >= 11 is 1.23. The molecule has 0 unspecified atom stereocenters. The predicted molar refractivity (Wildman–Crippen MR) is 66.3 cm³/mol. The minimum Gasteiger partial charge on any atom is -0.475 e. The fourth-order valence-corrected chi connectivity index (χ4v) is 2.25. The quantitative estimate of drug-likeness (QED) is 0.868. The summed E-state index contributed by atoms with van der Waals surface area (Å²) in [5.41, 5.74) is 0.885. The van der Waals surface area contributed by atoms with Crippen molar-refractivity contribution in [3.05, 3.63) is 53.0 Å². The van der Waals surface area contributed by atoms with Crippen LogP contribution in [-0.2, 0) is 5.75 Å². The second-order valence-corrected chi connectivity index (χ2v) is 4.65. The van der Waals surface area contributed by atoms with E-state index in [1.807, 2.05) is 6.07 Å². The third kappa shape index (κ3) is 3.36. The second kappa shape index (κ2) is 5.59. The number of rotatable bonds is 4. The summed E-state index contributed by atoms with van der Waals surface area (Å²) in [7, 11) is 0. The van der Waals surface area contributed by atoms with Crippen molar-refractivity contribution in [2.24, 2.45) is 0 Å². The van der Waals surface area contributed by atoms with E-state index in [1.165, 1.54) is 23.9 Å². The predicted octanol–water partition coefficient (Wildman–Crippen LogP) is 3.28. The van der Waals surface area contributed by atoms with Crippen molar-refractivity contribution >= 4 is 17.7 Å². The first-order valence-electron chi connectivity index (χ1n) is 5.24. The number of hydrogen-bond acceptors (Lipinski definition) is 4. The van der Waals surface area contributed by atoms with Crippen molar-refractivity contribution in [1.29, 1.82) is 5.26 Å². The monoisotopic (exact) mass is 277 g/mol. The molecule has 0 aliphatic heterocycles. The molecule has 96 valence electrons. The Balaban J connectivity index is 2.08. The molecule has 19 heavy (non-hydrogen) atoms. The molecule has 1 aromatic heterocycles. The summed E-state index contributed by atoms with van der Waals surface area (Å²) in [5, 5.41) is 17.9. The highest BCUT2D eigenvalue weighted by Gasteiger charge is 2.09. The van der Waals surface area contributed by atoms with Crippen LogP contribution in [0, 0.1) is 17.1 Å². The van der Waals surface area contributed by atoms with E-state index in [2.05, 4.69) is 0 Å². The first-order chi connectivity index (χ1) is 9.08. The highest BCUT2D eigenvalue weighted by molar-refractivity contribution is 7.98. The summed E-state index contributed by atoms with van der Waals surface area (Å²) < 4.78 is 18.2. The van der Waals surface area contributed by atoms with Gasteiger partial charge in [-0.25, -0.2) is 9.18 Å². The van der Waals surface area contributed by atoms with Crippen LogP contribution in [0.3, 0.4) is 0 Å². The lowest BCUT2D eigenvalue weighted by Gasteiger charge is -2.00. The number of halogens is 1. The van der Waals surface area contributed by atoms with Gasteiger partial charge in [0.2, 0.25) is 5.76 Å². The van der Waals surface area contributed by atoms with Crippen LogP contribution in [0.5, 0.6) is 0 Å². The summed E-state index contributed by atoms with van der Waals surface area (Å²) in [6.07, 6.45) is 0. The van der Waals surface area contributed by atoms with E-state index in [9.17, 15) is 9.18 Å². The van der Waals surface area contributed by atoms with Gasteiger partial charge in [-0.2, -0.15) is 5.26 Å². The van der Waals surface area contributed by atoms with Gasteiger partial charge in [-0.15, -0.1) is 0 Å². The van der Waals surface area contributed by atoms with Gasteiger partial charge in [0.1, 0.15) is 5.82 Å². The SMILES string of the molecule is N#Cc1cc(F)cc(CSc2ccc(C(=O)O)o2)c1. The lowest BCUT2D eigenvalue weighted by molar-refractivity contribution is 0.0656. The smallest absolute Gasteiger partial charge is 0.371 e. The van der Waals surface area contributed by atoms with E-state index >= 15 is 0 Å². The standard InChI is InChI=1S/C13H8FNO3S/c14-10-4-8(6-15)3-9(5-10)7-19-12-2-1-11(18-12)13(16)17/h1-5H,7H2,(H,16,17). The van der Waals surface area contributed by atoms with Crippen molar-refractivity contribution in [1.82, 2.24) is 0 Å². The number of furan rings is 1. The number of carboxylic acid groups (broad SMARTS) is 1. The van der Waals surface area contributed by atoms with Gasteiger partial charge in [0.05, 0.1) is 11.6 Å². The molecule has 0 radical (unpaired) electrons. The maximum atomic E-state index is 13.2. The number of benzene rings is 1. The molecule has 0 bridgehead atoms. The molecular weight excluding hydrogens is 269 g/mol. The molecule has 1 heterocycles. The van der Waals surface area contributed by atoms with Crippen LogP contribution in [0.4, 0.5) is 4.39 Å². The summed E-state index contributed by atoms with van der Waals surface area (Å²) in [5.74, 6) is -1.36. The normalized spacial score (nSPS) is 10.1. The number of aromatic carboxylic acids is 1. The third-order valence-electron chi connectivity index (χ3n) is 2.26. The number of carbonyl (C=O) groups is 1. The Morgan fingerprint density at radius 3 is 2.84 bits per heavy atom. The molecule has 6 heteroatoms. The average molecular weight is 277 g/mol. The van der Waals surface area contributed by atoms with Crippen LogP contribution in [0.2, 0.25) is 0 Å². The fourth-order valence-electron chi connectivity index (χ4n) is 1.47. The van der Waals surface area contributed by atoms with Gasteiger partial charge in [-0.3, -0.25) is 0 Å². The Kier molecular flexibility index (Phi) is 3.88. The Labute approximate surface area is 112 Å². The molecule has 2 aromatic rings. The lowest BCUT2D eigenvalue weighted by Crippen LogP contribution is -1.91. The first-order valence-corrected chi connectivity index (χ1v) is 6.22. The van der Waals surface area contributed by atoms with Gasteiger partial charge in [0, 0.05) is 5.75 Å². The highest BCUT2D eigenvalue weighted by atomic mass is 32.2. The Bertz CT molecular complexity index is 660. The van der Waals surface area contributed by atoms with Gasteiger partial charge in [0.25, 0.3) is 0 Å². The average Bonchev–Trinajstić information content (AvgIpc) is 2.84. The molecular formula is C13H8FNO3S. The van der Waals surface area contributed by atoms with Crippen molar-refractivity contribution < 1.29 is 18.7 Å². The highest BCUT2D eigenvalue weighted by Crippen LogP contribution is 2.25. The molecule has 1 aromatic carbocycles. The summed E-state index contributed by atoms with van der Waals surface area (Å²) in [4.78, 5) is 10.6. The van der Waals surface area contributed by atoms with Crippen molar-refractivity contribution in [2.45, 2.75) is 10.8 Å². The lowest BCUT2D eigenvalue weighted by atomic mass is 10.1. The largest absolute Gasteiger partial charge is 0.475 e. The van der Waals surface area contributed by atoms with Crippen molar-refractivity contribution in [3.8, 4) is 6.07 Å². The Morgan fingerprint density at radius 2 is 2.21 bits per heavy atom. The van der Waals surface area contributed by atoms with Crippen LogP contribution >= 0.6 is 11.8 Å². The number of nitriles is 1. The second-order valence-electron chi connectivity index (χ2n) is 3.67. The Morgan fingerprint density at radius 1 is 1.42 bits per heavy atom. The zero-order valence-corrected chi connectivity index (χ0v) is 10.4. The fraction of sp³-hybridized carbons (Fsp3) is 0.0769. The topological polar surface area (TPSA) is 74.2 Å². The van der Waals surface area contributed by atoms with E-state index in [0.29, 0.717) is 16.4 Å². The molecule has 0 aliphatic rings. The maximum absolute atomic E-state index is 13.2. The van der Waals surface area contributed by atoms with Crippen LogP contribution < -0.4 is 0 Å². The zero-order chi connectivity index (χ0) is 13.8. The molecule has 0 saturated heterocycles. The van der Waals surface area contributed by atoms with E-state index in [4.69, 9.17) is 14.8 Å². The summed E-state index contributed by atoms with van der Waals surface area (Å²) in [6, 6.07) is 8.84. The van der Waals surface area contributed by atoms with Crippen LogP contribution in [0.1, 0.15) is 21.7 Å². The van der Waals surface area contributed by atoms with Crippen molar-refractivity contribution in [3.63, 3.8) is 0 Å². The van der Waals surface area contributed by atoms with Gasteiger partial charge in [-0.1, -0.05) is 11.8 Å². The number of hydrogen-bond donors (Lipinski definition) is 1. The first kappa shape index (κ1) is 13.2. The minimum absolute atomic E-state index is 0.139. The Hall–Kier alpha value is -2.26. The molecule has 0 saturated carbocycles. The van der Waals surface area contributed by atoms with Crippen LogP contribution in [-0.4, -0.2) is 11.1 Å². The van der Waals surface area contributed by atoms with E-state index in [1.54, 1.807) is 12.1 Å².